The Morgan fingerprint density at radius 3 is 1.74 bits per heavy atom. The second-order valence-corrected chi connectivity index (χ2v) is 11.9. The van der Waals surface area contributed by atoms with Crippen molar-refractivity contribution < 1.29 is 0 Å². The topological polar surface area (TPSA) is 30.7 Å². The largest absolute Gasteiger partial charge is 0.309 e. The van der Waals surface area contributed by atoms with Gasteiger partial charge in [-0.25, -0.2) is 9.97 Å². The van der Waals surface area contributed by atoms with Crippen molar-refractivity contribution in [3.05, 3.63) is 176 Å². The molecular weight excluding hydrogens is 571 g/mol. The number of hydrogen-bond acceptors (Lipinski definition) is 2. The third-order valence-electron chi connectivity index (χ3n) is 8.99. The molecule has 220 valence electrons. The van der Waals surface area contributed by atoms with Crippen LogP contribution in [0.25, 0.3) is 83.3 Å². The van der Waals surface area contributed by atoms with E-state index < -0.39 is 0 Å². The van der Waals surface area contributed by atoms with Gasteiger partial charge in [0.25, 0.3) is 0 Å². The Bertz CT molecular complexity index is 2550. The van der Waals surface area contributed by atoms with Gasteiger partial charge >= 0.3 is 0 Å². The molecule has 9 aromatic rings. The monoisotopic (exact) mass is 599 g/mol. The molecule has 0 unspecified atom stereocenters. The van der Waals surface area contributed by atoms with Gasteiger partial charge in [-0.2, -0.15) is 0 Å². The van der Waals surface area contributed by atoms with Gasteiger partial charge < -0.3 is 4.57 Å². The molecule has 0 fully saturated rings. The zero-order valence-electron chi connectivity index (χ0n) is 25.6. The number of aromatic nitrogens is 3. The zero-order chi connectivity index (χ0) is 31.2. The highest BCUT2D eigenvalue weighted by atomic mass is 15.0. The van der Waals surface area contributed by atoms with Crippen molar-refractivity contribution in [1.82, 2.24) is 14.5 Å². The highest BCUT2D eigenvalue weighted by Gasteiger charge is 2.16. The molecule has 0 N–H and O–H groups in total. The number of rotatable bonds is 5. The number of para-hydroxylation sites is 2. The average molecular weight is 600 g/mol. The van der Waals surface area contributed by atoms with Crippen LogP contribution >= 0.6 is 0 Å². The van der Waals surface area contributed by atoms with Crippen LogP contribution < -0.4 is 0 Å². The van der Waals surface area contributed by atoms with Gasteiger partial charge in [0.05, 0.1) is 22.2 Å². The summed E-state index contributed by atoms with van der Waals surface area (Å²) in [6, 6.07) is 62.1. The lowest BCUT2D eigenvalue weighted by molar-refractivity contribution is 1.18. The predicted octanol–water partition coefficient (Wildman–Crippen LogP) is 11.4. The molecule has 9 rings (SSSR count). The minimum Gasteiger partial charge on any atom is -0.309 e. The molecule has 2 heterocycles. The van der Waals surface area contributed by atoms with Crippen LogP contribution in [0.3, 0.4) is 0 Å². The Kier molecular flexibility index (Phi) is 6.46. The van der Waals surface area contributed by atoms with E-state index in [1.165, 1.54) is 27.4 Å². The van der Waals surface area contributed by atoms with Crippen LogP contribution in [0.5, 0.6) is 0 Å². The third-order valence-corrected chi connectivity index (χ3v) is 8.99. The van der Waals surface area contributed by atoms with Crippen LogP contribution in [0.1, 0.15) is 0 Å². The summed E-state index contributed by atoms with van der Waals surface area (Å²) in [6.45, 7) is 0. The van der Waals surface area contributed by atoms with Crippen molar-refractivity contribution in [2.75, 3.05) is 0 Å². The van der Waals surface area contributed by atoms with Crippen LogP contribution in [-0.2, 0) is 0 Å². The van der Waals surface area contributed by atoms with Crippen molar-refractivity contribution in [2.45, 2.75) is 0 Å². The Labute approximate surface area is 273 Å². The van der Waals surface area contributed by atoms with E-state index in [1.807, 2.05) is 18.2 Å². The maximum atomic E-state index is 5.23. The first-order chi connectivity index (χ1) is 23.3. The fourth-order valence-electron chi connectivity index (χ4n) is 6.73. The molecule has 0 aliphatic carbocycles. The maximum Gasteiger partial charge on any atom is 0.160 e. The lowest BCUT2D eigenvalue weighted by atomic mass is 9.97. The predicted molar refractivity (Wildman–Crippen MR) is 196 cm³/mol. The fraction of sp³-hybridized carbons (Fsp3) is 0. The highest BCUT2D eigenvalue weighted by molar-refractivity contribution is 6.10. The van der Waals surface area contributed by atoms with Gasteiger partial charge in [0.15, 0.2) is 5.82 Å². The molecule has 0 radical (unpaired) electrons. The van der Waals surface area contributed by atoms with Crippen molar-refractivity contribution in [3.63, 3.8) is 0 Å². The second-order valence-electron chi connectivity index (χ2n) is 11.9. The molecule has 3 heteroatoms. The van der Waals surface area contributed by atoms with Crippen LogP contribution in [0, 0.1) is 0 Å². The molecule has 0 saturated heterocycles. The minimum atomic E-state index is 0.722. The molecule has 0 aliphatic heterocycles. The quantitative estimate of drug-likeness (QED) is 0.197. The maximum absolute atomic E-state index is 5.23. The lowest BCUT2D eigenvalue weighted by Crippen LogP contribution is -1.96. The summed E-state index contributed by atoms with van der Waals surface area (Å²) < 4.78 is 2.37. The van der Waals surface area contributed by atoms with E-state index in [9.17, 15) is 0 Å². The Balaban J connectivity index is 1.26. The van der Waals surface area contributed by atoms with Crippen molar-refractivity contribution in [3.8, 4) is 50.6 Å². The minimum absolute atomic E-state index is 0.722. The summed E-state index contributed by atoms with van der Waals surface area (Å²) in [5, 5.41) is 3.51. The van der Waals surface area contributed by atoms with E-state index in [0.717, 1.165) is 55.9 Å². The SMILES string of the molecule is c1ccc(-c2cccc(-c3nc(-c4ccccc4)nc4ccc(-c5ccc6c7ccccc7n(-c7ccccc7)c6c5)cc34)c2)cc1. The standard InChI is InChI=1S/C44H29N3/c1-4-13-30(14-5-1)32-17-12-18-35(27-32)43-39-28-33(24-26-40(39)45-44(46-43)31-15-6-2-7-16-31)34-23-25-38-37-21-10-11-22-41(37)47(42(38)29-34)36-19-8-3-9-20-36/h1-29H. The van der Waals surface area contributed by atoms with Crippen molar-refractivity contribution in [2.24, 2.45) is 0 Å². The van der Waals surface area contributed by atoms with Gasteiger partial charge in [-0.15, -0.1) is 0 Å². The van der Waals surface area contributed by atoms with E-state index in [2.05, 4.69) is 162 Å². The molecule has 0 amide bonds. The fourth-order valence-corrected chi connectivity index (χ4v) is 6.73. The number of hydrogen-bond donors (Lipinski definition) is 0. The number of benzene rings is 7. The first kappa shape index (κ1) is 27.0. The molecule has 3 nitrogen and oxygen atoms in total. The van der Waals surface area contributed by atoms with Gasteiger partial charge in [0.2, 0.25) is 0 Å². The first-order valence-electron chi connectivity index (χ1n) is 15.9. The van der Waals surface area contributed by atoms with Gasteiger partial charge in [0, 0.05) is 33.0 Å². The number of fused-ring (bicyclic) bond motifs is 4. The molecule has 0 atom stereocenters. The summed E-state index contributed by atoms with van der Waals surface area (Å²) in [6.07, 6.45) is 0. The molecule has 2 aromatic heterocycles. The Morgan fingerprint density at radius 1 is 0.340 bits per heavy atom. The third kappa shape index (κ3) is 4.77. The Hall–Kier alpha value is -6.32. The van der Waals surface area contributed by atoms with E-state index in [4.69, 9.17) is 9.97 Å². The van der Waals surface area contributed by atoms with E-state index >= 15 is 0 Å². The molecule has 0 bridgehead atoms. The molecule has 47 heavy (non-hydrogen) atoms. The first-order valence-corrected chi connectivity index (χ1v) is 15.9. The average Bonchev–Trinajstić information content (AvgIpc) is 3.49. The van der Waals surface area contributed by atoms with Crippen LogP contribution in [0.2, 0.25) is 0 Å². The van der Waals surface area contributed by atoms with Crippen molar-refractivity contribution in [1.29, 1.82) is 0 Å². The smallest absolute Gasteiger partial charge is 0.160 e. The van der Waals surface area contributed by atoms with Crippen LogP contribution in [0.4, 0.5) is 0 Å². The summed E-state index contributed by atoms with van der Waals surface area (Å²) >= 11 is 0. The molecule has 0 spiro atoms. The summed E-state index contributed by atoms with van der Waals surface area (Å²) in [7, 11) is 0. The van der Waals surface area contributed by atoms with Gasteiger partial charge in [-0.1, -0.05) is 133 Å². The normalized spacial score (nSPS) is 11.4. The van der Waals surface area contributed by atoms with E-state index in [1.54, 1.807) is 0 Å². The van der Waals surface area contributed by atoms with Crippen molar-refractivity contribution >= 4 is 32.7 Å². The van der Waals surface area contributed by atoms with Gasteiger partial charge in [0.1, 0.15) is 0 Å². The Morgan fingerprint density at radius 2 is 0.936 bits per heavy atom. The molecule has 7 aromatic carbocycles. The number of nitrogens with zero attached hydrogens (tertiary/aromatic N) is 3. The summed E-state index contributed by atoms with van der Waals surface area (Å²) in [5.74, 6) is 0.722. The molecule has 0 aliphatic rings. The zero-order valence-corrected chi connectivity index (χ0v) is 25.6. The van der Waals surface area contributed by atoms with Crippen LogP contribution in [-0.4, -0.2) is 14.5 Å². The van der Waals surface area contributed by atoms with E-state index in [0.29, 0.717) is 0 Å². The molecular formula is C44H29N3. The van der Waals surface area contributed by atoms with Gasteiger partial charge in [-0.3, -0.25) is 0 Å². The molecule has 0 saturated carbocycles. The van der Waals surface area contributed by atoms with E-state index in [-0.39, 0.29) is 0 Å². The highest BCUT2D eigenvalue weighted by Crippen LogP contribution is 2.37. The van der Waals surface area contributed by atoms with Gasteiger partial charge in [-0.05, 0) is 64.7 Å². The van der Waals surface area contributed by atoms with Crippen LogP contribution in [0.15, 0.2) is 176 Å². The summed E-state index contributed by atoms with van der Waals surface area (Å²) in [5.41, 5.74) is 12.0. The second kappa shape index (κ2) is 11.2. The summed E-state index contributed by atoms with van der Waals surface area (Å²) in [4.78, 5) is 10.3. The lowest BCUT2D eigenvalue weighted by Gasteiger charge is -2.13.